The van der Waals surface area contributed by atoms with E-state index in [9.17, 15) is 14.7 Å². The van der Waals surface area contributed by atoms with Crippen molar-refractivity contribution >= 4 is 22.5 Å². The molecule has 33 heavy (non-hydrogen) atoms. The highest BCUT2D eigenvalue weighted by Gasteiger charge is 2.23. The maximum atomic E-state index is 13.4. The minimum atomic E-state index is -0.499. The quantitative estimate of drug-likeness (QED) is 0.433. The molecular formula is C28H28N2O3. The largest absolute Gasteiger partial charge is 0.508 e. The molecule has 3 aromatic carbocycles. The number of hydrogen-bond donors (Lipinski definition) is 2. The van der Waals surface area contributed by atoms with Gasteiger partial charge in [0.2, 0.25) is 5.43 Å². The number of carbonyl (C=O) groups is 1. The van der Waals surface area contributed by atoms with Crippen molar-refractivity contribution in [3.05, 3.63) is 105 Å². The zero-order valence-corrected chi connectivity index (χ0v) is 19.3. The second kappa shape index (κ2) is 8.58. The van der Waals surface area contributed by atoms with Crippen LogP contribution in [0, 0.1) is 6.92 Å². The summed E-state index contributed by atoms with van der Waals surface area (Å²) >= 11 is 0. The van der Waals surface area contributed by atoms with Crippen molar-refractivity contribution in [2.24, 2.45) is 0 Å². The number of phenolic OH excluding ortho intramolecular Hbond substituents is 1. The molecule has 0 atom stereocenters. The third-order valence-electron chi connectivity index (χ3n) is 5.82. The van der Waals surface area contributed by atoms with Crippen LogP contribution in [0.15, 0.2) is 77.7 Å². The van der Waals surface area contributed by atoms with Crippen LogP contribution in [0.25, 0.3) is 10.9 Å². The summed E-state index contributed by atoms with van der Waals surface area (Å²) in [4.78, 5) is 26.6. The lowest BCUT2D eigenvalue weighted by molar-refractivity contribution is 0.102. The van der Waals surface area contributed by atoms with Gasteiger partial charge in [-0.15, -0.1) is 0 Å². The van der Waals surface area contributed by atoms with Gasteiger partial charge in [-0.3, -0.25) is 9.59 Å². The number of hydrogen-bond acceptors (Lipinski definition) is 3. The molecule has 4 rings (SSSR count). The van der Waals surface area contributed by atoms with Gasteiger partial charge >= 0.3 is 0 Å². The maximum absolute atomic E-state index is 13.4. The van der Waals surface area contributed by atoms with E-state index in [1.54, 1.807) is 24.4 Å². The Morgan fingerprint density at radius 2 is 1.67 bits per heavy atom. The minimum absolute atomic E-state index is 0.0598. The number of nitrogens with one attached hydrogen (secondary N) is 1. The molecule has 5 heteroatoms. The number of carbonyl (C=O) groups excluding carboxylic acids is 1. The van der Waals surface area contributed by atoms with E-state index in [0.717, 1.165) is 22.2 Å². The fourth-order valence-corrected chi connectivity index (χ4v) is 4.03. The molecule has 0 aliphatic rings. The van der Waals surface area contributed by atoms with Crippen LogP contribution in [-0.2, 0) is 12.0 Å². The molecule has 0 bridgehead atoms. The normalized spacial score (nSPS) is 11.5. The molecule has 0 spiro atoms. The molecule has 0 aliphatic carbocycles. The van der Waals surface area contributed by atoms with Crippen LogP contribution in [0.1, 0.15) is 47.8 Å². The van der Waals surface area contributed by atoms with E-state index >= 15 is 0 Å². The third kappa shape index (κ3) is 4.53. The molecule has 0 fully saturated rings. The van der Waals surface area contributed by atoms with E-state index in [1.807, 2.05) is 80.8 Å². The average Bonchev–Trinajstić information content (AvgIpc) is 2.78. The first kappa shape index (κ1) is 22.3. The number of phenols is 1. The van der Waals surface area contributed by atoms with Crippen molar-refractivity contribution in [3.8, 4) is 5.75 Å². The zero-order chi connectivity index (χ0) is 23.8. The van der Waals surface area contributed by atoms with Crippen molar-refractivity contribution in [3.63, 3.8) is 0 Å². The highest BCUT2D eigenvalue weighted by Crippen LogP contribution is 2.34. The highest BCUT2D eigenvalue weighted by molar-refractivity contribution is 6.06. The van der Waals surface area contributed by atoms with Crippen LogP contribution >= 0.6 is 0 Å². The number of fused-ring (bicyclic) bond motifs is 1. The lowest BCUT2D eigenvalue weighted by atomic mass is 9.84. The van der Waals surface area contributed by atoms with Gasteiger partial charge in [0.25, 0.3) is 5.91 Å². The van der Waals surface area contributed by atoms with Crippen molar-refractivity contribution in [1.82, 2.24) is 4.57 Å². The lowest BCUT2D eigenvalue weighted by Crippen LogP contribution is -2.25. The second-order valence-electron chi connectivity index (χ2n) is 9.39. The first-order valence-electron chi connectivity index (χ1n) is 11.0. The van der Waals surface area contributed by atoms with Gasteiger partial charge in [-0.05, 0) is 47.2 Å². The van der Waals surface area contributed by atoms with Gasteiger partial charge in [-0.1, -0.05) is 63.2 Å². The summed E-state index contributed by atoms with van der Waals surface area (Å²) in [5, 5.41) is 13.6. The summed E-state index contributed by atoms with van der Waals surface area (Å²) in [5.41, 5.74) is 3.43. The van der Waals surface area contributed by atoms with Crippen molar-refractivity contribution in [2.45, 2.75) is 39.7 Å². The van der Waals surface area contributed by atoms with Gasteiger partial charge in [0.15, 0.2) is 0 Å². The Kier molecular flexibility index (Phi) is 5.81. The smallest absolute Gasteiger partial charge is 0.261 e. The molecule has 1 heterocycles. The Hall–Kier alpha value is -3.86. The molecule has 0 saturated carbocycles. The van der Waals surface area contributed by atoms with E-state index in [1.165, 1.54) is 0 Å². The monoisotopic (exact) mass is 440 g/mol. The molecule has 168 valence electrons. The van der Waals surface area contributed by atoms with Gasteiger partial charge in [0, 0.05) is 29.9 Å². The van der Waals surface area contributed by atoms with Crippen molar-refractivity contribution < 1.29 is 9.90 Å². The van der Waals surface area contributed by atoms with Gasteiger partial charge in [0.05, 0.1) is 5.52 Å². The van der Waals surface area contributed by atoms with Crippen LogP contribution in [0.5, 0.6) is 5.75 Å². The molecule has 5 nitrogen and oxygen atoms in total. The van der Waals surface area contributed by atoms with Crippen LogP contribution in [-0.4, -0.2) is 15.6 Å². The molecule has 2 N–H and O–H groups in total. The Balaban J connectivity index is 1.81. The van der Waals surface area contributed by atoms with Gasteiger partial charge in [0.1, 0.15) is 11.3 Å². The fraction of sp³-hybridized carbons (Fsp3) is 0.214. The van der Waals surface area contributed by atoms with Crippen molar-refractivity contribution in [2.75, 3.05) is 5.32 Å². The SMILES string of the molecule is Cc1cc(C(C)(C)C)c(NC(=O)c2cn(Cc3ccccc3)c3ccccc3c2=O)cc1O. The number of aryl methyl sites for hydroxylation is 1. The third-order valence-corrected chi connectivity index (χ3v) is 5.82. The summed E-state index contributed by atoms with van der Waals surface area (Å²) in [6, 6.07) is 20.6. The number of aromatic hydroxyl groups is 1. The Morgan fingerprint density at radius 3 is 2.36 bits per heavy atom. The summed E-state index contributed by atoms with van der Waals surface area (Å²) in [6.45, 7) is 8.47. The van der Waals surface area contributed by atoms with Crippen LogP contribution < -0.4 is 10.7 Å². The molecule has 4 aromatic rings. The second-order valence-corrected chi connectivity index (χ2v) is 9.39. The molecular weight excluding hydrogens is 412 g/mol. The number of para-hydroxylation sites is 1. The molecule has 0 radical (unpaired) electrons. The van der Waals surface area contributed by atoms with E-state index in [2.05, 4.69) is 5.32 Å². The van der Waals surface area contributed by atoms with E-state index < -0.39 is 5.91 Å². The number of rotatable bonds is 4. The zero-order valence-electron chi connectivity index (χ0n) is 19.3. The first-order chi connectivity index (χ1) is 15.6. The Labute approximate surface area is 193 Å². The molecule has 1 aromatic heterocycles. The van der Waals surface area contributed by atoms with Gasteiger partial charge < -0.3 is 15.0 Å². The van der Waals surface area contributed by atoms with E-state index in [0.29, 0.717) is 17.6 Å². The minimum Gasteiger partial charge on any atom is -0.508 e. The molecule has 0 saturated heterocycles. The first-order valence-corrected chi connectivity index (χ1v) is 11.0. The predicted molar refractivity (Wildman–Crippen MR) is 133 cm³/mol. The number of anilines is 1. The van der Waals surface area contributed by atoms with Gasteiger partial charge in [-0.2, -0.15) is 0 Å². The predicted octanol–water partition coefficient (Wildman–Crippen LogP) is 5.61. The number of benzene rings is 3. The number of amides is 1. The number of pyridine rings is 1. The summed E-state index contributed by atoms with van der Waals surface area (Å²) in [6.07, 6.45) is 1.62. The van der Waals surface area contributed by atoms with Crippen LogP contribution in [0.2, 0.25) is 0 Å². The average molecular weight is 441 g/mol. The summed E-state index contributed by atoms with van der Waals surface area (Å²) < 4.78 is 1.93. The summed E-state index contributed by atoms with van der Waals surface area (Å²) in [7, 11) is 0. The molecule has 0 unspecified atom stereocenters. The van der Waals surface area contributed by atoms with Crippen LogP contribution in [0.3, 0.4) is 0 Å². The standard InChI is InChI=1S/C28H28N2O3/c1-18-14-22(28(2,3)4)23(15-25(18)31)29-27(33)21-17-30(16-19-10-6-5-7-11-19)24-13-9-8-12-20(24)26(21)32/h5-15,17,31H,16H2,1-4H3,(H,29,33). The topological polar surface area (TPSA) is 71.3 Å². The lowest BCUT2D eigenvalue weighted by Gasteiger charge is -2.24. The van der Waals surface area contributed by atoms with Gasteiger partial charge in [-0.25, -0.2) is 0 Å². The highest BCUT2D eigenvalue weighted by atomic mass is 16.3. The van der Waals surface area contributed by atoms with E-state index in [-0.39, 0.29) is 22.2 Å². The number of aromatic nitrogens is 1. The van der Waals surface area contributed by atoms with Crippen molar-refractivity contribution in [1.29, 1.82) is 0 Å². The molecule has 1 amide bonds. The van der Waals surface area contributed by atoms with Crippen LogP contribution in [0.4, 0.5) is 5.69 Å². The summed E-state index contributed by atoms with van der Waals surface area (Å²) in [5.74, 6) is -0.403. The Morgan fingerprint density at radius 1 is 1.00 bits per heavy atom. The Bertz CT molecular complexity index is 1400. The fourth-order valence-electron chi connectivity index (χ4n) is 4.03. The maximum Gasteiger partial charge on any atom is 0.261 e. The van der Waals surface area contributed by atoms with E-state index in [4.69, 9.17) is 0 Å². The number of nitrogens with zero attached hydrogens (tertiary/aromatic N) is 1. The molecule has 0 aliphatic heterocycles.